The van der Waals surface area contributed by atoms with E-state index in [0.717, 1.165) is 29.4 Å². The number of carbonyl (C=O) groups is 1. The van der Waals surface area contributed by atoms with Crippen LogP contribution in [-0.4, -0.2) is 32.3 Å². The molecule has 1 aliphatic rings. The van der Waals surface area contributed by atoms with Gasteiger partial charge in [0.05, 0.1) is 10.9 Å². The van der Waals surface area contributed by atoms with Gasteiger partial charge in [0.25, 0.3) is 5.91 Å². The molecule has 0 saturated heterocycles. The Morgan fingerprint density at radius 3 is 2.59 bits per heavy atom. The van der Waals surface area contributed by atoms with E-state index in [1.807, 2.05) is 37.3 Å². The number of nitrogens with one attached hydrogen (secondary N) is 1. The number of nitrogens with zero attached hydrogens (tertiary/aromatic N) is 1. The molecule has 1 fully saturated rings. The number of furan rings is 1. The minimum absolute atomic E-state index is 0.0104. The fourth-order valence-corrected chi connectivity index (χ4v) is 4.58. The van der Waals surface area contributed by atoms with Crippen molar-refractivity contribution < 1.29 is 17.6 Å². The molecule has 1 aliphatic carbocycles. The lowest BCUT2D eigenvalue weighted by Crippen LogP contribution is -2.31. The third kappa shape index (κ3) is 3.93. The monoisotopic (exact) mass is 412 g/mol. The average Bonchev–Trinajstić information content (AvgIpc) is 3.39. The van der Waals surface area contributed by atoms with Crippen LogP contribution in [0.15, 0.2) is 57.8 Å². The molecule has 6 nitrogen and oxygen atoms in total. The molecule has 4 rings (SSSR count). The topological polar surface area (TPSA) is 79.6 Å². The van der Waals surface area contributed by atoms with Crippen molar-refractivity contribution in [2.45, 2.75) is 43.7 Å². The lowest BCUT2D eigenvalue weighted by Gasteiger charge is -2.24. The van der Waals surface area contributed by atoms with Gasteiger partial charge in [-0.15, -0.1) is 0 Å². The van der Waals surface area contributed by atoms with Crippen LogP contribution in [0.3, 0.4) is 0 Å². The first-order valence-electron chi connectivity index (χ1n) is 9.65. The van der Waals surface area contributed by atoms with E-state index in [4.69, 9.17) is 4.42 Å². The highest BCUT2D eigenvalue weighted by molar-refractivity contribution is 7.89. The standard InChI is InChI=1S/C22H24N2O4S/c1-14-8-11-18(29(26,27)23-17-9-10-17)13-19(14)22(25)24(3)15(2)21-12-16-6-4-5-7-20(16)28-21/h4-8,11-13,15,17,23H,9-10H2,1-3H3. The molecule has 1 heterocycles. The first kappa shape index (κ1) is 19.7. The summed E-state index contributed by atoms with van der Waals surface area (Å²) in [5.74, 6) is 0.429. The third-order valence-electron chi connectivity index (χ3n) is 5.41. The summed E-state index contributed by atoms with van der Waals surface area (Å²) in [5.41, 5.74) is 1.86. The summed E-state index contributed by atoms with van der Waals surface area (Å²) in [6.07, 6.45) is 1.71. The minimum Gasteiger partial charge on any atom is -0.459 e. The van der Waals surface area contributed by atoms with Gasteiger partial charge in [0, 0.05) is 24.0 Å². The molecule has 0 aliphatic heterocycles. The molecule has 0 radical (unpaired) electrons. The van der Waals surface area contributed by atoms with E-state index in [0.29, 0.717) is 11.3 Å². The maximum atomic E-state index is 13.2. The third-order valence-corrected chi connectivity index (χ3v) is 6.92. The molecule has 1 N–H and O–H groups in total. The van der Waals surface area contributed by atoms with Crippen molar-refractivity contribution in [3.05, 3.63) is 65.4 Å². The molecule has 2 aromatic carbocycles. The summed E-state index contributed by atoms with van der Waals surface area (Å²) in [6, 6.07) is 14.0. The normalized spacial score (nSPS) is 15.4. The second-order valence-electron chi connectivity index (χ2n) is 7.65. The van der Waals surface area contributed by atoms with Gasteiger partial charge in [-0.05, 0) is 56.5 Å². The van der Waals surface area contributed by atoms with Gasteiger partial charge >= 0.3 is 0 Å². The average molecular weight is 413 g/mol. The molecule has 0 bridgehead atoms. The van der Waals surface area contributed by atoms with Crippen molar-refractivity contribution in [1.29, 1.82) is 0 Å². The van der Waals surface area contributed by atoms with Gasteiger partial charge in [-0.3, -0.25) is 4.79 Å². The Bertz CT molecular complexity index is 1150. The van der Waals surface area contributed by atoms with Gasteiger partial charge in [-0.2, -0.15) is 0 Å². The number of rotatable bonds is 6. The zero-order chi connectivity index (χ0) is 20.8. The Morgan fingerprint density at radius 1 is 1.17 bits per heavy atom. The molecular weight excluding hydrogens is 388 g/mol. The molecule has 1 saturated carbocycles. The highest BCUT2D eigenvalue weighted by atomic mass is 32.2. The number of benzene rings is 2. The second-order valence-corrected chi connectivity index (χ2v) is 9.36. The van der Waals surface area contributed by atoms with Crippen LogP contribution in [0.2, 0.25) is 0 Å². The summed E-state index contributed by atoms with van der Waals surface area (Å²) >= 11 is 0. The zero-order valence-corrected chi connectivity index (χ0v) is 17.5. The van der Waals surface area contributed by atoms with Crippen LogP contribution in [0, 0.1) is 6.92 Å². The highest BCUT2D eigenvalue weighted by Gasteiger charge is 2.29. The molecule has 7 heteroatoms. The van der Waals surface area contributed by atoms with E-state index < -0.39 is 10.0 Å². The van der Waals surface area contributed by atoms with Crippen LogP contribution in [0.5, 0.6) is 0 Å². The number of para-hydroxylation sites is 1. The van der Waals surface area contributed by atoms with Crippen molar-refractivity contribution in [2.24, 2.45) is 0 Å². The Hall–Kier alpha value is -2.64. The molecule has 1 aromatic heterocycles. The number of sulfonamides is 1. The van der Waals surface area contributed by atoms with E-state index in [1.165, 1.54) is 6.07 Å². The maximum absolute atomic E-state index is 13.2. The van der Waals surface area contributed by atoms with Gasteiger partial charge in [0.2, 0.25) is 10.0 Å². The lowest BCUT2D eigenvalue weighted by molar-refractivity contribution is 0.0726. The minimum atomic E-state index is -3.62. The van der Waals surface area contributed by atoms with E-state index in [2.05, 4.69) is 4.72 Å². The predicted molar refractivity (Wildman–Crippen MR) is 111 cm³/mol. The van der Waals surface area contributed by atoms with Crippen molar-refractivity contribution in [1.82, 2.24) is 9.62 Å². The fraction of sp³-hybridized carbons (Fsp3) is 0.318. The van der Waals surface area contributed by atoms with Gasteiger partial charge in [0.1, 0.15) is 11.3 Å². The summed E-state index contributed by atoms with van der Waals surface area (Å²) in [5, 5.41) is 0.977. The van der Waals surface area contributed by atoms with Crippen LogP contribution in [0.4, 0.5) is 0 Å². The molecule has 3 aromatic rings. The Labute approximate surface area is 170 Å². The number of aryl methyl sites for hydroxylation is 1. The van der Waals surface area contributed by atoms with Crippen LogP contribution >= 0.6 is 0 Å². The first-order valence-corrected chi connectivity index (χ1v) is 11.1. The summed E-state index contributed by atoms with van der Waals surface area (Å²) in [6.45, 7) is 3.69. The number of carbonyl (C=O) groups excluding carboxylic acids is 1. The molecular formula is C22H24N2O4S. The molecule has 152 valence electrons. The second kappa shape index (κ2) is 7.31. The smallest absolute Gasteiger partial charge is 0.254 e. The summed E-state index contributed by atoms with van der Waals surface area (Å²) in [4.78, 5) is 14.9. The van der Waals surface area contributed by atoms with Crippen molar-refractivity contribution in [3.8, 4) is 0 Å². The zero-order valence-electron chi connectivity index (χ0n) is 16.7. The largest absolute Gasteiger partial charge is 0.459 e. The van der Waals surface area contributed by atoms with Gasteiger partial charge in [-0.25, -0.2) is 13.1 Å². The van der Waals surface area contributed by atoms with Crippen LogP contribution in [0.25, 0.3) is 11.0 Å². The Balaban J connectivity index is 1.61. The molecule has 1 amide bonds. The summed E-state index contributed by atoms with van der Waals surface area (Å²) in [7, 11) is -1.93. The number of hydrogen-bond acceptors (Lipinski definition) is 4. The van der Waals surface area contributed by atoms with Gasteiger partial charge < -0.3 is 9.32 Å². The van der Waals surface area contributed by atoms with Crippen LogP contribution in [0.1, 0.15) is 47.5 Å². The first-order chi connectivity index (χ1) is 13.8. The SMILES string of the molecule is Cc1ccc(S(=O)(=O)NC2CC2)cc1C(=O)N(C)C(C)c1cc2ccccc2o1. The Kier molecular flexibility index (Phi) is 4.96. The predicted octanol–water partition coefficient (Wildman–Crippen LogP) is 4.02. The van der Waals surface area contributed by atoms with Crippen LogP contribution in [-0.2, 0) is 10.0 Å². The number of amides is 1. The van der Waals surface area contributed by atoms with Crippen molar-refractivity contribution in [3.63, 3.8) is 0 Å². The lowest BCUT2D eigenvalue weighted by atomic mass is 10.1. The molecule has 1 atom stereocenters. The highest BCUT2D eigenvalue weighted by Crippen LogP contribution is 2.29. The van der Waals surface area contributed by atoms with E-state index in [-0.39, 0.29) is 22.9 Å². The molecule has 1 unspecified atom stereocenters. The Morgan fingerprint density at radius 2 is 1.90 bits per heavy atom. The number of hydrogen-bond donors (Lipinski definition) is 1. The van der Waals surface area contributed by atoms with Gasteiger partial charge in [-0.1, -0.05) is 24.3 Å². The quantitative estimate of drug-likeness (QED) is 0.663. The van der Waals surface area contributed by atoms with Crippen molar-refractivity contribution in [2.75, 3.05) is 7.05 Å². The van der Waals surface area contributed by atoms with Gasteiger partial charge in [0.15, 0.2) is 0 Å². The molecule has 29 heavy (non-hydrogen) atoms. The molecule has 0 spiro atoms. The maximum Gasteiger partial charge on any atom is 0.254 e. The summed E-state index contributed by atoms with van der Waals surface area (Å²) < 4.78 is 33.6. The fourth-order valence-electron chi connectivity index (χ4n) is 3.25. The van der Waals surface area contributed by atoms with E-state index in [9.17, 15) is 13.2 Å². The van der Waals surface area contributed by atoms with Crippen molar-refractivity contribution >= 4 is 26.9 Å². The number of fused-ring (bicyclic) bond motifs is 1. The van der Waals surface area contributed by atoms with E-state index in [1.54, 1.807) is 31.0 Å². The van der Waals surface area contributed by atoms with Crippen LogP contribution < -0.4 is 4.72 Å². The van der Waals surface area contributed by atoms with E-state index >= 15 is 0 Å².